The van der Waals surface area contributed by atoms with Crippen LogP contribution in [0.25, 0.3) is 0 Å². The van der Waals surface area contributed by atoms with Gasteiger partial charge in [0.15, 0.2) is 0 Å². The summed E-state index contributed by atoms with van der Waals surface area (Å²) in [4.78, 5) is 4.65. The van der Waals surface area contributed by atoms with Crippen molar-refractivity contribution in [1.29, 1.82) is 0 Å². The van der Waals surface area contributed by atoms with Gasteiger partial charge < -0.3 is 9.80 Å². The number of aryl methyl sites for hydroxylation is 1. The Hall–Kier alpha value is -3.14. The van der Waals surface area contributed by atoms with Gasteiger partial charge in [0.1, 0.15) is 0 Å². The molecule has 3 aromatic rings. The molecule has 1 saturated heterocycles. The summed E-state index contributed by atoms with van der Waals surface area (Å²) in [5.41, 5.74) is 6.54. The van der Waals surface area contributed by atoms with E-state index in [0.29, 0.717) is 0 Å². The monoisotopic (exact) mass is 370 g/mol. The summed E-state index contributed by atoms with van der Waals surface area (Å²) in [6.45, 7) is 4.41. The third-order valence-electron chi connectivity index (χ3n) is 5.23. The van der Waals surface area contributed by atoms with Crippen molar-refractivity contribution in [1.82, 2.24) is 0 Å². The Labute approximate surface area is 167 Å². The molecule has 3 aromatic carbocycles. The number of anilines is 3. The first-order valence-corrected chi connectivity index (χ1v) is 9.86. The van der Waals surface area contributed by atoms with Crippen molar-refractivity contribution in [2.24, 2.45) is 10.2 Å². The Morgan fingerprint density at radius 1 is 0.750 bits per heavy atom. The molecule has 0 atom stereocenters. The van der Waals surface area contributed by atoms with Crippen LogP contribution >= 0.6 is 0 Å². The van der Waals surface area contributed by atoms with Crippen molar-refractivity contribution in [2.45, 2.75) is 19.8 Å². The first-order valence-electron chi connectivity index (χ1n) is 9.86. The number of rotatable bonds is 5. The minimum atomic E-state index is 0.850. The summed E-state index contributed by atoms with van der Waals surface area (Å²) in [6.07, 6.45) is 2.60. The second kappa shape index (κ2) is 8.26. The predicted octanol–water partition coefficient (Wildman–Crippen LogP) is 6.78. The van der Waals surface area contributed by atoms with Crippen LogP contribution in [0.3, 0.4) is 0 Å². The van der Waals surface area contributed by atoms with Gasteiger partial charge in [-0.1, -0.05) is 12.1 Å². The molecule has 4 rings (SSSR count). The average molecular weight is 371 g/mol. The third kappa shape index (κ3) is 4.22. The van der Waals surface area contributed by atoms with E-state index in [2.05, 4.69) is 76.5 Å². The van der Waals surface area contributed by atoms with Gasteiger partial charge in [0, 0.05) is 37.2 Å². The molecule has 0 amide bonds. The van der Waals surface area contributed by atoms with Crippen molar-refractivity contribution in [3.05, 3.63) is 78.4 Å². The smallest absolute Gasteiger partial charge is 0.0859 e. The summed E-state index contributed by atoms with van der Waals surface area (Å²) in [5.74, 6) is 0. The van der Waals surface area contributed by atoms with Gasteiger partial charge in [0.05, 0.1) is 11.4 Å². The van der Waals surface area contributed by atoms with Crippen molar-refractivity contribution in [3.63, 3.8) is 0 Å². The number of azo groups is 1. The van der Waals surface area contributed by atoms with Crippen LogP contribution in [0, 0.1) is 6.92 Å². The van der Waals surface area contributed by atoms with E-state index in [0.717, 1.165) is 17.1 Å². The van der Waals surface area contributed by atoms with Crippen LogP contribution in [-0.4, -0.2) is 20.1 Å². The highest BCUT2D eigenvalue weighted by atomic mass is 15.1. The second-order valence-corrected chi connectivity index (χ2v) is 7.32. The molecule has 4 nitrogen and oxygen atoms in total. The van der Waals surface area contributed by atoms with Crippen LogP contribution in [-0.2, 0) is 0 Å². The predicted molar refractivity (Wildman–Crippen MR) is 118 cm³/mol. The molecule has 1 aliphatic heterocycles. The van der Waals surface area contributed by atoms with Crippen LogP contribution in [0.2, 0.25) is 0 Å². The Bertz CT molecular complexity index is 939. The summed E-state index contributed by atoms with van der Waals surface area (Å²) in [6, 6.07) is 25.0. The lowest BCUT2D eigenvalue weighted by Gasteiger charge is -2.22. The lowest BCUT2D eigenvalue weighted by atomic mass is 10.2. The van der Waals surface area contributed by atoms with Crippen LogP contribution in [0.5, 0.6) is 0 Å². The molecule has 1 heterocycles. The van der Waals surface area contributed by atoms with Crippen LogP contribution in [0.15, 0.2) is 83.0 Å². The molecule has 142 valence electrons. The molecule has 0 saturated carbocycles. The van der Waals surface area contributed by atoms with Gasteiger partial charge in [-0.05, 0) is 86.0 Å². The van der Waals surface area contributed by atoms with Gasteiger partial charge in [0.2, 0.25) is 0 Å². The van der Waals surface area contributed by atoms with Crippen molar-refractivity contribution in [2.75, 3.05) is 29.9 Å². The number of hydrogen-bond donors (Lipinski definition) is 0. The summed E-state index contributed by atoms with van der Waals surface area (Å²) >= 11 is 0. The Morgan fingerprint density at radius 3 is 2.00 bits per heavy atom. The minimum absolute atomic E-state index is 0.850. The van der Waals surface area contributed by atoms with Crippen LogP contribution in [0.1, 0.15) is 18.4 Å². The zero-order valence-corrected chi connectivity index (χ0v) is 16.5. The van der Waals surface area contributed by atoms with E-state index < -0.39 is 0 Å². The normalized spacial score (nSPS) is 14.0. The van der Waals surface area contributed by atoms with Gasteiger partial charge in [-0.3, -0.25) is 0 Å². The van der Waals surface area contributed by atoms with E-state index in [4.69, 9.17) is 0 Å². The molecule has 1 aliphatic rings. The number of hydrogen-bond acceptors (Lipinski definition) is 4. The fraction of sp³-hybridized carbons (Fsp3) is 0.250. The molecular weight excluding hydrogens is 344 g/mol. The Balaban J connectivity index is 1.44. The zero-order chi connectivity index (χ0) is 19.3. The van der Waals surface area contributed by atoms with E-state index >= 15 is 0 Å². The van der Waals surface area contributed by atoms with E-state index in [1.54, 1.807) is 0 Å². The lowest BCUT2D eigenvalue weighted by molar-refractivity contribution is 0.949. The Morgan fingerprint density at radius 2 is 1.36 bits per heavy atom. The van der Waals surface area contributed by atoms with Gasteiger partial charge in [-0.2, -0.15) is 10.2 Å². The van der Waals surface area contributed by atoms with Gasteiger partial charge >= 0.3 is 0 Å². The summed E-state index contributed by atoms with van der Waals surface area (Å²) < 4.78 is 0. The van der Waals surface area contributed by atoms with Crippen molar-refractivity contribution < 1.29 is 0 Å². The summed E-state index contributed by atoms with van der Waals surface area (Å²) in [5, 5.41) is 8.67. The number of nitrogens with zero attached hydrogens (tertiary/aromatic N) is 4. The molecule has 0 N–H and O–H groups in total. The molecule has 0 unspecified atom stereocenters. The van der Waals surface area contributed by atoms with E-state index in [-0.39, 0.29) is 0 Å². The highest BCUT2D eigenvalue weighted by Crippen LogP contribution is 2.29. The SMILES string of the molecule is Cc1cccc(/N=N/c2ccc(N(C)c3ccc(N4CCCC4)cc3)cc2)c1. The molecular formula is C24H26N4. The molecule has 0 bridgehead atoms. The van der Waals surface area contributed by atoms with Crippen molar-refractivity contribution >= 4 is 28.4 Å². The van der Waals surface area contributed by atoms with Crippen LogP contribution in [0.4, 0.5) is 28.4 Å². The number of benzene rings is 3. The second-order valence-electron chi connectivity index (χ2n) is 7.32. The molecule has 0 radical (unpaired) electrons. The largest absolute Gasteiger partial charge is 0.372 e. The van der Waals surface area contributed by atoms with E-state index in [9.17, 15) is 0 Å². The maximum Gasteiger partial charge on any atom is 0.0859 e. The molecule has 0 spiro atoms. The quantitative estimate of drug-likeness (QED) is 0.464. The maximum atomic E-state index is 4.35. The van der Waals surface area contributed by atoms with E-state index in [1.165, 1.54) is 42.9 Å². The summed E-state index contributed by atoms with van der Waals surface area (Å²) in [7, 11) is 2.09. The molecule has 0 aromatic heterocycles. The van der Waals surface area contributed by atoms with E-state index in [1.807, 2.05) is 30.3 Å². The van der Waals surface area contributed by atoms with Gasteiger partial charge in [-0.15, -0.1) is 0 Å². The fourth-order valence-electron chi connectivity index (χ4n) is 3.56. The van der Waals surface area contributed by atoms with Crippen LogP contribution < -0.4 is 9.80 Å². The average Bonchev–Trinajstić information content (AvgIpc) is 3.27. The third-order valence-corrected chi connectivity index (χ3v) is 5.23. The highest BCUT2D eigenvalue weighted by molar-refractivity contribution is 5.66. The standard InChI is InChI=1S/C24H26N4/c1-19-6-5-7-21(18-19)26-25-20-8-10-22(11-9-20)27(2)23-12-14-24(15-13-23)28-16-3-4-17-28/h5-15,18H,3-4,16-17H2,1-2H3/b26-25+. The zero-order valence-electron chi connectivity index (χ0n) is 16.5. The molecule has 28 heavy (non-hydrogen) atoms. The fourth-order valence-corrected chi connectivity index (χ4v) is 3.56. The lowest BCUT2D eigenvalue weighted by Crippen LogP contribution is -2.17. The molecule has 0 aliphatic carbocycles. The van der Waals surface area contributed by atoms with Gasteiger partial charge in [0.25, 0.3) is 0 Å². The van der Waals surface area contributed by atoms with Crippen molar-refractivity contribution in [3.8, 4) is 0 Å². The molecule has 4 heteroatoms. The first-order chi connectivity index (χ1) is 13.7. The maximum absolute atomic E-state index is 4.35. The van der Waals surface area contributed by atoms with Gasteiger partial charge in [-0.25, -0.2) is 0 Å². The topological polar surface area (TPSA) is 31.2 Å². The minimum Gasteiger partial charge on any atom is -0.372 e. The molecule has 1 fully saturated rings. The Kier molecular flexibility index (Phi) is 5.38. The first kappa shape index (κ1) is 18.2. The highest BCUT2D eigenvalue weighted by Gasteiger charge is 2.12.